The van der Waals surface area contributed by atoms with E-state index in [0.29, 0.717) is 6.54 Å². The first kappa shape index (κ1) is 14.5. The molecule has 0 aliphatic carbocycles. The Bertz CT molecular complexity index is 375. The van der Waals surface area contributed by atoms with Crippen molar-refractivity contribution in [3.05, 3.63) is 35.4 Å². The van der Waals surface area contributed by atoms with E-state index < -0.39 is 0 Å². The number of rotatable bonds is 6. The summed E-state index contributed by atoms with van der Waals surface area (Å²) in [6.45, 7) is 8.02. The first-order valence-electron chi connectivity index (χ1n) is 7.40. The second kappa shape index (κ2) is 7.63. The van der Waals surface area contributed by atoms with Crippen molar-refractivity contribution in [1.29, 1.82) is 0 Å². The maximum atomic E-state index is 5.82. The topological polar surface area (TPSA) is 38.5 Å². The van der Waals surface area contributed by atoms with Crippen LogP contribution in [0, 0.1) is 5.92 Å². The zero-order valence-corrected chi connectivity index (χ0v) is 12.0. The summed E-state index contributed by atoms with van der Waals surface area (Å²) >= 11 is 0. The second-order valence-corrected chi connectivity index (χ2v) is 5.36. The molecule has 1 aromatic carbocycles. The van der Waals surface area contributed by atoms with Crippen molar-refractivity contribution in [3.8, 4) is 0 Å². The lowest BCUT2D eigenvalue weighted by molar-refractivity contribution is 0.0521. The molecule has 1 aliphatic heterocycles. The van der Waals surface area contributed by atoms with Gasteiger partial charge in [0.2, 0.25) is 0 Å². The zero-order chi connectivity index (χ0) is 13.5. The van der Waals surface area contributed by atoms with Crippen molar-refractivity contribution in [2.45, 2.75) is 32.9 Å². The van der Waals surface area contributed by atoms with Crippen LogP contribution in [0.1, 0.15) is 30.9 Å². The number of nitrogens with two attached hydrogens (primary N) is 1. The Morgan fingerprint density at radius 2 is 1.89 bits per heavy atom. The molecule has 2 rings (SSSR count). The van der Waals surface area contributed by atoms with Crippen molar-refractivity contribution >= 4 is 0 Å². The van der Waals surface area contributed by atoms with Crippen molar-refractivity contribution < 1.29 is 4.74 Å². The molecule has 106 valence electrons. The van der Waals surface area contributed by atoms with Crippen molar-refractivity contribution in [2.75, 3.05) is 26.3 Å². The summed E-state index contributed by atoms with van der Waals surface area (Å²) < 4.78 is 5.43. The average molecular weight is 262 g/mol. The van der Waals surface area contributed by atoms with Gasteiger partial charge in [-0.25, -0.2) is 0 Å². The van der Waals surface area contributed by atoms with Gasteiger partial charge in [0, 0.05) is 32.8 Å². The van der Waals surface area contributed by atoms with E-state index in [2.05, 4.69) is 36.1 Å². The number of nitrogens with zero attached hydrogens (tertiary/aromatic N) is 1. The Kier molecular flexibility index (Phi) is 5.83. The maximum Gasteiger partial charge on any atom is 0.0469 e. The molecule has 0 atom stereocenters. The highest BCUT2D eigenvalue weighted by atomic mass is 16.5. The van der Waals surface area contributed by atoms with Gasteiger partial charge in [-0.15, -0.1) is 0 Å². The molecule has 0 unspecified atom stereocenters. The number of ether oxygens (including phenoxy) is 1. The third-order valence-corrected chi connectivity index (χ3v) is 4.04. The molecule has 3 nitrogen and oxygen atoms in total. The summed E-state index contributed by atoms with van der Waals surface area (Å²) in [5, 5.41) is 0. The van der Waals surface area contributed by atoms with E-state index >= 15 is 0 Å². The second-order valence-electron chi connectivity index (χ2n) is 5.36. The summed E-state index contributed by atoms with van der Waals surface area (Å²) in [7, 11) is 0. The molecule has 0 bridgehead atoms. The zero-order valence-electron chi connectivity index (χ0n) is 12.0. The van der Waals surface area contributed by atoms with Crippen LogP contribution in [-0.4, -0.2) is 31.2 Å². The molecule has 0 radical (unpaired) electrons. The van der Waals surface area contributed by atoms with Crippen LogP contribution >= 0.6 is 0 Å². The largest absolute Gasteiger partial charge is 0.381 e. The Balaban J connectivity index is 1.94. The van der Waals surface area contributed by atoms with Crippen LogP contribution in [-0.2, 0) is 17.8 Å². The third kappa shape index (κ3) is 4.30. The molecule has 1 fully saturated rings. The van der Waals surface area contributed by atoms with E-state index in [1.807, 2.05) is 0 Å². The first-order valence-corrected chi connectivity index (χ1v) is 7.40. The van der Waals surface area contributed by atoms with Gasteiger partial charge in [0.15, 0.2) is 0 Å². The summed E-state index contributed by atoms with van der Waals surface area (Å²) in [5.74, 6) is 0.790. The molecular formula is C16H26N2O. The van der Waals surface area contributed by atoms with Gasteiger partial charge >= 0.3 is 0 Å². The van der Waals surface area contributed by atoms with Crippen LogP contribution in [0.5, 0.6) is 0 Å². The Labute approximate surface area is 116 Å². The van der Waals surface area contributed by atoms with E-state index in [4.69, 9.17) is 10.5 Å². The number of benzene rings is 1. The normalized spacial score (nSPS) is 17.0. The van der Waals surface area contributed by atoms with Gasteiger partial charge in [0.25, 0.3) is 0 Å². The lowest BCUT2D eigenvalue weighted by atomic mass is 9.99. The summed E-state index contributed by atoms with van der Waals surface area (Å²) in [6, 6.07) is 8.52. The minimum atomic E-state index is 0.630. The van der Waals surface area contributed by atoms with Gasteiger partial charge < -0.3 is 10.5 Å². The summed E-state index contributed by atoms with van der Waals surface area (Å²) in [4.78, 5) is 2.53. The third-order valence-electron chi connectivity index (χ3n) is 4.04. The predicted molar refractivity (Wildman–Crippen MR) is 78.8 cm³/mol. The van der Waals surface area contributed by atoms with E-state index in [1.54, 1.807) is 0 Å². The van der Waals surface area contributed by atoms with Gasteiger partial charge in [-0.3, -0.25) is 4.90 Å². The van der Waals surface area contributed by atoms with Gasteiger partial charge in [0.1, 0.15) is 0 Å². The Morgan fingerprint density at radius 3 is 2.53 bits per heavy atom. The molecule has 1 saturated heterocycles. The smallest absolute Gasteiger partial charge is 0.0469 e. The molecule has 1 aromatic rings. The van der Waals surface area contributed by atoms with Crippen LogP contribution in [0.3, 0.4) is 0 Å². The molecule has 1 heterocycles. The van der Waals surface area contributed by atoms with Gasteiger partial charge in [-0.1, -0.05) is 31.2 Å². The van der Waals surface area contributed by atoms with E-state index in [-0.39, 0.29) is 0 Å². The molecular weight excluding hydrogens is 236 g/mol. The van der Waals surface area contributed by atoms with E-state index in [0.717, 1.165) is 32.2 Å². The minimum absolute atomic E-state index is 0.630. The SMILES string of the molecule is CCN(Cc1ccccc1CN)CC1CCOCC1. The van der Waals surface area contributed by atoms with Crippen molar-refractivity contribution in [3.63, 3.8) is 0 Å². The van der Waals surface area contributed by atoms with Gasteiger partial charge in [0.05, 0.1) is 0 Å². The fraction of sp³-hybridized carbons (Fsp3) is 0.625. The van der Waals surface area contributed by atoms with Crippen LogP contribution in [0.15, 0.2) is 24.3 Å². The molecule has 19 heavy (non-hydrogen) atoms. The number of hydrogen-bond donors (Lipinski definition) is 1. The highest BCUT2D eigenvalue weighted by Gasteiger charge is 2.17. The van der Waals surface area contributed by atoms with Crippen LogP contribution in [0.25, 0.3) is 0 Å². The van der Waals surface area contributed by atoms with E-state index in [1.165, 1.54) is 30.5 Å². The highest BCUT2D eigenvalue weighted by Crippen LogP contribution is 2.18. The molecule has 2 N–H and O–H groups in total. The molecule has 0 spiro atoms. The highest BCUT2D eigenvalue weighted by molar-refractivity contribution is 5.26. The number of hydrogen-bond acceptors (Lipinski definition) is 3. The standard InChI is InChI=1S/C16H26N2O/c1-2-18(12-14-7-9-19-10-8-14)13-16-6-4-3-5-15(16)11-17/h3-6,14H,2,7-13,17H2,1H3. The van der Waals surface area contributed by atoms with Crippen LogP contribution in [0.4, 0.5) is 0 Å². The Morgan fingerprint density at radius 1 is 1.21 bits per heavy atom. The molecule has 0 saturated carbocycles. The first-order chi connectivity index (χ1) is 9.33. The van der Waals surface area contributed by atoms with Crippen molar-refractivity contribution in [1.82, 2.24) is 4.90 Å². The fourth-order valence-corrected chi connectivity index (χ4v) is 2.75. The summed E-state index contributed by atoms with van der Waals surface area (Å²) in [6.07, 6.45) is 2.41. The lowest BCUT2D eigenvalue weighted by Gasteiger charge is -2.29. The predicted octanol–water partition coefficient (Wildman–Crippen LogP) is 2.39. The van der Waals surface area contributed by atoms with Crippen LogP contribution < -0.4 is 5.73 Å². The molecule has 3 heteroatoms. The average Bonchev–Trinajstić information content (AvgIpc) is 2.48. The van der Waals surface area contributed by atoms with Gasteiger partial charge in [-0.05, 0) is 36.4 Å². The maximum absolute atomic E-state index is 5.82. The fourth-order valence-electron chi connectivity index (χ4n) is 2.75. The summed E-state index contributed by atoms with van der Waals surface area (Å²) in [5.41, 5.74) is 8.46. The molecule has 0 aromatic heterocycles. The molecule has 1 aliphatic rings. The molecule has 0 amide bonds. The van der Waals surface area contributed by atoms with Crippen molar-refractivity contribution in [2.24, 2.45) is 11.7 Å². The van der Waals surface area contributed by atoms with Gasteiger partial charge in [-0.2, -0.15) is 0 Å². The monoisotopic (exact) mass is 262 g/mol. The minimum Gasteiger partial charge on any atom is -0.381 e. The quantitative estimate of drug-likeness (QED) is 0.855. The van der Waals surface area contributed by atoms with Crippen LogP contribution in [0.2, 0.25) is 0 Å². The Hall–Kier alpha value is -0.900. The lowest BCUT2D eigenvalue weighted by Crippen LogP contribution is -2.32. The van der Waals surface area contributed by atoms with E-state index in [9.17, 15) is 0 Å².